The predicted molar refractivity (Wildman–Crippen MR) is 75.3 cm³/mol. The molecule has 110 valence electrons. The van der Waals surface area contributed by atoms with Crippen LogP contribution in [0.15, 0.2) is 35.1 Å². The fourth-order valence-corrected chi connectivity index (χ4v) is 3.61. The van der Waals surface area contributed by atoms with Crippen LogP contribution in [-0.2, 0) is 12.3 Å². The number of hydrogen-bond acceptors (Lipinski definition) is 5. The number of fused-ring (bicyclic) bond motifs is 1. The van der Waals surface area contributed by atoms with Gasteiger partial charge < -0.3 is 0 Å². The molecule has 0 aromatic carbocycles. The second-order valence-electron chi connectivity index (χ2n) is 4.22. The van der Waals surface area contributed by atoms with Gasteiger partial charge in [0.05, 0.1) is 15.9 Å². The minimum absolute atomic E-state index is 0.467. The molecule has 3 rings (SSSR count). The fourth-order valence-electron chi connectivity index (χ4n) is 1.76. The van der Waals surface area contributed by atoms with Gasteiger partial charge in [0.15, 0.2) is 0 Å². The van der Waals surface area contributed by atoms with E-state index in [1.54, 1.807) is 17.4 Å². The van der Waals surface area contributed by atoms with Crippen molar-refractivity contribution in [3.05, 3.63) is 35.7 Å². The minimum atomic E-state index is -4.26. The van der Waals surface area contributed by atoms with E-state index in [1.807, 2.05) is 11.4 Å². The Kier molecular flexibility index (Phi) is 3.85. The molecule has 3 aromatic rings. The van der Waals surface area contributed by atoms with E-state index in [0.717, 1.165) is 19.9 Å². The summed E-state index contributed by atoms with van der Waals surface area (Å²) in [4.78, 5) is 8.35. The van der Waals surface area contributed by atoms with Gasteiger partial charge in [-0.25, -0.2) is 9.97 Å². The molecule has 3 heterocycles. The van der Waals surface area contributed by atoms with Crippen LogP contribution in [0.25, 0.3) is 10.2 Å². The number of hydrogen-bond donors (Lipinski definition) is 0. The average molecular weight is 330 g/mol. The van der Waals surface area contributed by atoms with Gasteiger partial charge in [0.1, 0.15) is 17.9 Å². The van der Waals surface area contributed by atoms with Crippen LogP contribution in [0.3, 0.4) is 0 Å². The van der Waals surface area contributed by atoms with Crippen molar-refractivity contribution in [3.8, 4) is 0 Å². The lowest BCUT2D eigenvalue weighted by atomic mass is 10.5. The van der Waals surface area contributed by atoms with Crippen LogP contribution < -0.4 is 0 Å². The van der Waals surface area contributed by atoms with Crippen molar-refractivity contribution < 1.29 is 13.2 Å². The maximum Gasteiger partial charge on any atom is 0.408 e. The quantitative estimate of drug-likeness (QED) is 0.540. The molecule has 0 amide bonds. The topological polar surface area (TPSA) is 43.6 Å². The number of thiophene rings is 1. The Hall–Kier alpha value is -1.61. The van der Waals surface area contributed by atoms with Gasteiger partial charge in [0, 0.05) is 11.9 Å². The molecule has 0 N–H and O–H groups in total. The van der Waals surface area contributed by atoms with Crippen molar-refractivity contribution in [2.24, 2.45) is 0 Å². The number of thioether (sulfide) groups is 1. The summed E-state index contributed by atoms with van der Waals surface area (Å²) >= 11 is 2.98. The zero-order valence-electron chi connectivity index (χ0n) is 10.5. The summed E-state index contributed by atoms with van der Waals surface area (Å²) in [7, 11) is 0. The largest absolute Gasteiger partial charge is 0.408 e. The number of aromatic nitrogens is 4. The second-order valence-corrected chi connectivity index (χ2v) is 6.10. The summed E-state index contributed by atoms with van der Waals surface area (Å²) in [5, 5.41) is 6.67. The van der Waals surface area contributed by atoms with Crippen molar-refractivity contribution in [3.63, 3.8) is 0 Å². The highest BCUT2D eigenvalue weighted by Crippen LogP contribution is 2.30. The monoisotopic (exact) mass is 330 g/mol. The highest BCUT2D eigenvalue weighted by atomic mass is 32.2. The minimum Gasteiger partial charge on any atom is -0.263 e. The number of nitrogens with zero attached hydrogens (tertiary/aromatic N) is 4. The first-order chi connectivity index (χ1) is 10.0. The summed E-state index contributed by atoms with van der Waals surface area (Å²) in [6.45, 7) is -1.07. The van der Waals surface area contributed by atoms with Gasteiger partial charge in [-0.1, -0.05) is 11.8 Å². The van der Waals surface area contributed by atoms with Gasteiger partial charge in [-0.3, -0.25) is 4.68 Å². The summed E-state index contributed by atoms with van der Waals surface area (Å²) in [5.41, 5.74) is 1.47. The average Bonchev–Trinajstić information content (AvgIpc) is 3.03. The molecule has 0 bridgehead atoms. The molecule has 0 aliphatic rings. The molecule has 0 spiro atoms. The van der Waals surface area contributed by atoms with Crippen LogP contribution in [-0.4, -0.2) is 25.9 Å². The van der Waals surface area contributed by atoms with E-state index in [4.69, 9.17) is 0 Å². The summed E-state index contributed by atoms with van der Waals surface area (Å²) in [6, 6.07) is 3.50. The molecule has 9 heteroatoms. The van der Waals surface area contributed by atoms with Gasteiger partial charge >= 0.3 is 6.18 Å². The smallest absolute Gasteiger partial charge is 0.263 e. The van der Waals surface area contributed by atoms with Crippen molar-refractivity contribution in [1.82, 2.24) is 19.7 Å². The summed E-state index contributed by atoms with van der Waals surface area (Å²) < 4.78 is 38.7. The number of alkyl halides is 3. The van der Waals surface area contributed by atoms with Crippen LogP contribution in [0.5, 0.6) is 0 Å². The number of rotatable bonds is 4. The second kappa shape index (κ2) is 5.64. The molecule has 4 nitrogen and oxygen atoms in total. The predicted octanol–water partition coefficient (Wildman–Crippen LogP) is 3.74. The summed E-state index contributed by atoms with van der Waals surface area (Å²) in [6.07, 6.45) is -1.43. The standard InChI is InChI=1S/C12H9F3N4S2/c13-12(14,15)6-19-3-1-8(18-19)5-21-11-10-9(2-4-20-10)16-7-17-11/h1-4,7H,5-6H2. The lowest BCUT2D eigenvalue weighted by Gasteiger charge is -2.05. The van der Waals surface area contributed by atoms with Crippen LogP contribution in [0, 0.1) is 0 Å². The van der Waals surface area contributed by atoms with Gasteiger partial charge in [0.2, 0.25) is 0 Å². The van der Waals surface area contributed by atoms with Crippen LogP contribution in [0.4, 0.5) is 13.2 Å². The van der Waals surface area contributed by atoms with E-state index >= 15 is 0 Å². The number of halogens is 3. The third-order valence-electron chi connectivity index (χ3n) is 2.60. The van der Waals surface area contributed by atoms with E-state index in [1.165, 1.54) is 24.3 Å². The first kappa shape index (κ1) is 14.3. The highest BCUT2D eigenvalue weighted by molar-refractivity contribution is 7.98. The zero-order valence-corrected chi connectivity index (χ0v) is 12.2. The van der Waals surface area contributed by atoms with E-state index in [-0.39, 0.29) is 0 Å². The van der Waals surface area contributed by atoms with Gasteiger partial charge in [-0.05, 0) is 17.5 Å². The normalized spacial score (nSPS) is 12.1. The molecule has 21 heavy (non-hydrogen) atoms. The Labute approximate surface area is 126 Å². The van der Waals surface area contributed by atoms with Gasteiger partial charge in [0.25, 0.3) is 0 Å². The van der Waals surface area contributed by atoms with E-state index in [0.29, 0.717) is 11.4 Å². The maximum absolute atomic E-state index is 12.3. The lowest BCUT2D eigenvalue weighted by molar-refractivity contribution is -0.142. The van der Waals surface area contributed by atoms with Crippen LogP contribution in [0.2, 0.25) is 0 Å². The van der Waals surface area contributed by atoms with Crippen molar-refractivity contribution >= 4 is 33.3 Å². The molecule has 0 saturated heterocycles. The van der Waals surface area contributed by atoms with E-state index in [9.17, 15) is 13.2 Å². The molecule has 0 atom stereocenters. The molecule has 0 fully saturated rings. The molecular formula is C12H9F3N4S2. The third-order valence-corrected chi connectivity index (χ3v) is 4.67. The Balaban J connectivity index is 1.69. The third kappa shape index (κ3) is 3.53. The molecule has 0 radical (unpaired) electrons. The SMILES string of the molecule is FC(F)(F)Cn1ccc(CSc2ncnc3ccsc23)n1. The van der Waals surface area contributed by atoms with E-state index < -0.39 is 12.7 Å². The molecule has 0 aliphatic heterocycles. The Bertz CT molecular complexity index is 750. The molecule has 0 saturated carbocycles. The Morgan fingerprint density at radius 3 is 2.90 bits per heavy atom. The van der Waals surface area contributed by atoms with Gasteiger partial charge in [-0.15, -0.1) is 11.3 Å². The zero-order chi connectivity index (χ0) is 14.9. The van der Waals surface area contributed by atoms with Gasteiger partial charge in [-0.2, -0.15) is 18.3 Å². The fraction of sp³-hybridized carbons (Fsp3) is 0.250. The van der Waals surface area contributed by atoms with Crippen molar-refractivity contribution in [1.29, 1.82) is 0 Å². The lowest BCUT2D eigenvalue weighted by Crippen LogP contribution is -2.18. The molecule has 3 aromatic heterocycles. The molecule has 0 aliphatic carbocycles. The van der Waals surface area contributed by atoms with Crippen molar-refractivity contribution in [2.45, 2.75) is 23.5 Å². The summed E-state index contributed by atoms with van der Waals surface area (Å²) in [5.74, 6) is 0.467. The van der Waals surface area contributed by atoms with Crippen LogP contribution in [0.1, 0.15) is 5.69 Å². The van der Waals surface area contributed by atoms with Crippen LogP contribution >= 0.6 is 23.1 Å². The van der Waals surface area contributed by atoms with Crippen molar-refractivity contribution in [2.75, 3.05) is 0 Å². The maximum atomic E-state index is 12.3. The first-order valence-corrected chi connectivity index (χ1v) is 7.78. The Morgan fingerprint density at radius 1 is 1.24 bits per heavy atom. The molecule has 0 unspecified atom stereocenters. The molecular weight excluding hydrogens is 321 g/mol. The first-order valence-electron chi connectivity index (χ1n) is 5.91. The van der Waals surface area contributed by atoms with E-state index in [2.05, 4.69) is 15.1 Å². The Morgan fingerprint density at radius 2 is 2.10 bits per heavy atom. The highest BCUT2D eigenvalue weighted by Gasteiger charge is 2.28.